The number of hydrogen-bond acceptors (Lipinski definition) is 4. The number of benzene rings is 1. The van der Waals surface area contributed by atoms with Crippen LogP contribution in [0.5, 0.6) is 0 Å². The maximum atomic E-state index is 12.0. The molecule has 0 spiro atoms. The molecule has 1 unspecified atom stereocenters. The normalized spacial score (nSPS) is 11.9. The van der Waals surface area contributed by atoms with Gasteiger partial charge in [-0.15, -0.1) is 16.8 Å². The molecule has 1 aromatic carbocycles. The van der Waals surface area contributed by atoms with Gasteiger partial charge in [0, 0.05) is 19.5 Å². The van der Waals surface area contributed by atoms with Crippen molar-refractivity contribution in [2.45, 2.75) is 37.2 Å². The monoisotopic (exact) mass is 330 g/mol. The van der Waals surface area contributed by atoms with E-state index < -0.39 is 0 Å². The number of nitrogens with zero attached hydrogens (tertiary/aromatic N) is 3. The summed E-state index contributed by atoms with van der Waals surface area (Å²) in [7, 11) is 0. The topological polar surface area (TPSA) is 59.8 Å². The second-order valence-electron chi connectivity index (χ2n) is 5.10. The van der Waals surface area contributed by atoms with Crippen LogP contribution < -0.4 is 5.32 Å². The number of rotatable bonds is 8. The van der Waals surface area contributed by atoms with Crippen LogP contribution in [0.25, 0.3) is 0 Å². The van der Waals surface area contributed by atoms with E-state index in [9.17, 15) is 4.79 Å². The lowest BCUT2D eigenvalue weighted by molar-refractivity contribution is -0.120. The number of thioether (sulfide) groups is 1. The van der Waals surface area contributed by atoms with E-state index in [0.29, 0.717) is 6.54 Å². The highest BCUT2D eigenvalue weighted by Crippen LogP contribution is 2.23. The van der Waals surface area contributed by atoms with Crippen LogP contribution in [-0.4, -0.2) is 32.5 Å². The van der Waals surface area contributed by atoms with Crippen LogP contribution in [0.2, 0.25) is 0 Å². The van der Waals surface area contributed by atoms with Gasteiger partial charge in [0.25, 0.3) is 0 Å². The maximum absolute atomic E-state index is 12.0. The minimum Gasteiger partial charge on any atom is -0.352 e. The van der Waals surface area contributed by atoms with Gasteiger partial charge in [-0.2, -0.15) is 0 Å². The first kappa shape index (κ1) is 17.3. The number of aromatic nitrogens is 3. The lowest BCUT2D eigenvalue weighted by Gasteiger charge is -2.12. The van der Waals surface area contributed by atoms with E-state index in [2.05, 4.69) is 45.7 Å². The van der Waals surface area contributed by atoms with Gasteiger partial charge in [0.05, 0.1) is 5.25 Å². The molecule has 0 bridgehead atoms. The Morgan fingerprint density at radius 1 is 1.39 bits per heavy atom. The number of hydrogen-bond donors (Lipinski definition) is 1. The highest BCUT2D eigenvalue weighted by atomic mass is 32.2. The average Bonchev–Trinajstić information content (AvgIpc) is 2.94. The number of carbonyl (C=O) groups is 1. The summed E-state index contributed by atoms with van der Waals surface area (Å²) in [6.45, 7) is 8.78. The Morgan fingerprint density at radius 2 is 2.13 bits per heavy atom. The van der Waals surface area contributed by atoms with Gasteiger partial charge in [-0.05, 0) is 19.4 Å². The van der Waals surface area contributed by atoms with Crippen molar-refractivity contribution in [3.63, 3.8) is 0 Å². The van der Waals surface area contributed by atoms with Gasteiger partial charge in [0.2, 0.25) is 5.91 Å². The first-order valence-electron chi connectivity index (χ1n) is 7.67. The number of nitrogens with one attached hydrogen (secondary N) is 1. The van der Waals surface area contributed by atoms with Crippen LogP contribution in [0.4, 0.5) is 0 Å². The molecule has 1 heterocycles. The quantitative estimate of drug-likeness (QED) is 0.597. The lowest BCUT2D eigenvalue weighted by atomic mass is 10.1. The average molecular weight is 330 g/mol. The van der Waals surface area contributed by atoms with E-state index >= 15 is 0 Å². The SMILES string of the molecule is C=CCNC(=O)C(C)Sc1nnc(Cc2ccccc2)n1CC. The molecule has 0 aliphatic rings. The van der Waals surface area contributed by atoms with E-state index in [1.54, 1.807) is 6.08 Å². The zero-order chi connectivity index (χ0) is 16.7. The molecule has 1 N–H and O–H groups in total. The predicted molar refractivity (Wildman–Crippen MR) is 93.5 cm³/mol. The molecule has 2 rings (SSSR count). The Morgan fingerprint density at radius 3 is 2.78 bits per heavy atom. The van der Waals surface area contributed by atoms with Gasteiger partial charge in [-0.3, -0.25) is 4.79 Å². The van der Waals surface area contributed by atoms with Crippen molar-refractivity contribution in [1.82, 2.24) is 20.1 Å². The molecule has 1 amide bonds. The maximum Gasteiger partial charge on any atom is 0.233 e. The van der Waals surface area contributed by atoms with Gasteiger partial charge in [-0.25, -0.2) is 0 Å². The smallest absolute Gasteiger partial charge is 0.233 e. The third-order valence-corrected chi connectivity index (χ3v) is 4.47. The van der Waals surface area contributed by atoms with Crippen molar-refractivity contribution in [2.75, 3.05) is 6.54 Å². The largest absolute Gasteiger partial charge is 0.352 e. The van der Waals surface area contributed by atoms with E-state index in [-0.39, 0.29) is 11.2 Å². The summed E-state index contributed by atoms with van der Waals surface area (Å²) >= 11 is 1.43. The molecule has 0 saturated heterocycles. The first-order chi connectivity index (χ1) is 11.2. The summed E-state index contributed by atoms with van der Waals surface area (Å²) in [5.41, 5.74) is 1.20. The highest BCUT2D eigenvalue weighted by Gasteiger charge is 2.19. The molecule has 5 nitrogen and oxygen atoms in total. The first-order valence-corrected chi connectivity index (χ1v) is 8.55. The van der Waals surface area contributed by atoms with Crippen molar-refractivity contribution >= 4 is 17.7 Å². The van der Waals surface area contributed by atoms with Gasteiger partial charge in [-0.1, -0.05) is 48.2 Å². The van der Waals surface area contributed by atoms with Gasteiger partial charge in [0.1, 0.15) is 5.82 Å². The Balaban J connectivity index is 2.08. The zero-order valence-electron chi connectivity index (χ0n) is 13.5. The number of amides is 1. The molecule has 6 heteroatoms. The van der Waals surface area contributed by atoms with Crippen molar-refractivity contribution in [3.8, 4) is 0 Å². The van der Waals surface area contributed by atoms with E-state index in [1.807, 2.05) is 25.1 Å². The van der Waals surface area contributed by atoms with Crippen molar-refractivity contribution in [1.29, 1.82) is 0 Å². The standard InChI is InChI=1S/C17H22N4OS/c1-4-11-18-16(22)13(3)23-17-20-19-15(21(17)5-2)12-14-9-7-6-8-10-14/h4,6-10,13H,1,5,11-12H2,2-3H3,(H,18,22). The summed E-state index contributed by atoms with van der Waals surface area (Å²) < 4.78 is 2.06. The summed E-state index contributed by atoms with van der Waals surface area (Å²) in [5, 5.41) is 11.9. The molecule has 0 saturated carbocycles. The molecule has 0 aliphatic carbocycles. The molecule has 2 aromatic rings. The number of carbonyl (C=O) groups excluding carboxylic acids is 1. The summed E-state index contributed by atoms with van der Waals surface area (Å²) in [5.74, 6) is 0.894. The summed E-state index contributed by atoms with van der Waals surface area (Å²) in [4.78, 5) is 12.0. The van der Waals surface area contributed by atoms with Crippen LogP contribution in [0.15, 0.2) is 48.1 Å². The minimum absolute atomic E-state index is 0.0230. The molecule has 23 heavy (non-hydrogen) atoms. The van der Waals surface area contributed by atoms with Gasteiger partial charge >= 0.3 is 0 Å². The second kappa shape index (κ2) is 8.53. The zero-order valence-corrected chi connectivity index (χ0v) is 14.3. The van der Waals surface area contributed by atoms with Crippen LogP contribution >= 0.6 is 11.8 Å². The molecule has 1 aromatic heterocycles. The Labute approximate surface area is 141 Å². The molecular formula is C17H22N4OS. The Kier molecular flexibility index (Phi) is 6.40. The highest BCUT2D eigenvalue weighted by molar-refractivity contribution is 8.00. The fraction of sp³-hybridized carbons (Fsp3) is 0.353. The second-order valence-corrected chi connectivity index (χ2v) is 6.41. The molecule has 0 aliphatic heterocycles. The van der Waals surface area contributed by atoms with Crippen LogP contribution in [0.3, 0.4) is 0 Å². The van der Waals surface area contributed by atoms with E-state index in [0.717, 1.165) is 23.9 Å². The molecule has 0 fully saturated rings. The van der Waals surface area contributed by atoms with E-state index in [4.69, 9.17) is 0 Å². The molecule has 0 radical (unpaired) electrons. The van der Waals surface area contributed by atoms with Crippen molar-refractivity contribution < 1.29 is 4.79 Å². The van der Waals surface area contributed by atoms with Crippen LogP contribution in [-0.2, 0) is 17.8 Å². The third-order valence-electron chi connectivity index (χ3n) is 3.39. The minimum atomic E-state index is -0.228. The molecule has 122 valence electrons. The van der Waals surface area contributed by atoms with Crippen LogP contribution in [0.1, 0.15) is 25.2 Å². The van der Waals surface area contributed by atoms with Crippen LogP contribution in [0, 0.1) is 0 Å². The summed E-state index contributed by atoms with van der Waals surface area (Å²) in [6, 6.07) is 10.2. The molecule has 1 atom stereocenters. The lowest BCUT2D eigenvalue weighted by Crippen LogP contribution is -2.31. The third kappa shape index (κ3) is 4.69. The Hall–Kier alpha value is -2.08. The predicted octanol–water partition coefficient (Wildman–Crippen LogP) is 2.67. The van der Waals surface area contributed by atoms with Crippen molar-refractivity contribution in [2.24, 2.45) is 0 Å². The summed E-state index contributed by atoms with van der Waals surface area (Å²) in [6.07, 6.45) is 2.40. The fourth-order valence-corrected chi connectivity index (χ4v) is 3.12. The van der Waals surface area contributed by atoms with Crippen molar-refractivity contribution in [3.05, 3.63) is 54.4 Å². The van der Waals surface area contributed by atoms with Gasteiger partial charge in [0.15, 0.2) is 5.16 Å². The van der Waals surface area contributed by atoms with E-state index in [1.165, 1.54) is 17.3 Å². The Bertz CT molecular complexity index is 654. The fourth-order valence-electron chi connectivity index (χ4n) is 2.16. The van der Waals surface area contributed by atoms with Gasteiger partial charge < -0.3 is 9.88 Å². The molecular weight excluding hydrogens is 308 g/mol.